The first-order valence-electron chi connectivity index (χ1n) is 9.69. The molecule has 0 fully saturated rings. The number of nitrogens with one attached hydrogen (secondary N) is 1. The molecule has 0 aromatic carbocycles. The largest absolute Gasteiger partial charge is 0.363 e. The molecule has 6 nitrogen and oxygen atoms in total. The number of anilines is 1. The van der Waals surface area contributed by atoms with Gasteiger partial charge in [0.25, 0.3) is 0 Å². The summed E-state index contributed by atoms with van der Waals surface area (Å²) >= 11 is 0. The molecule has 0 saturated heterocycles. The molecule has 0 saturated carbocycles. The summed E-state index contributed by atoms with van der Waals surface area (Å²) in [6.07, 6.45) is 7.14. The van der Waals surface area contributed by atoms with E-state index in [1.807, 2.05) is 0 Å². The van der Waals surface area contributed by atoms with Crippen molar-refractivity contribution in [2.75, 3.05) is 18.4 Å². The Labute approximate surface area is 157 Å². The Bertz CT molecular complexity index is 535. The molecule has 0 bridgehead atoms. The van der Waals surface area contributed by atoms with Gasteiger partial charge in [0, 0.05) is 19.0 Å². The average molecular weight is 366 g/mol. The van der Waals surface area contributed by atoms with Gasteiger partial charge in [0.2, 0.25) is 11.8 Å². The van der Waals surface area contributed by atoms with Crippen LogP contribution in [0.25, 0.3) is 0 Å². The van der Waals surface area contributed by atoms with Crippen molar-refractivity contribution in [1.82, 2.24) is 10.1 Å². The van der Waals surface area contributed by atoms with Crippen molar-refractivity contribution < 1.29 is 14.1 Å². The Balaban J connectivity index is 2.60. The molecule has 0 aliphatic rings. The fourth-order valence-electron chi connectivity index (χ4n) is 3.20. The molecule has 0 aliphatic carbocycles. The summed E-state index contributed by atoms with van der Waals surface area (Å²) in [5.74, 6) is 0.466. The van der Waals surface area contributed by atoms with Gasteiger partial charge in [-0.1, -0.05) is 59.0 Å². The number of carbonyl (C=O) groups is 2. The normalized spacial score (nSPS) is 12.7. The number of rotatable bonds is 11. The van der Waals surface area contributed by atoms with Gasteiger partial charge in [-0.05, 0) is 24.2 Å². The van der Waals surface area contributed by atoms with Crippen LogP contribution in [0.3, 0.4) is 0 Å². The maximum Gasteiger partial charge on any atom is 0.245 e. The first-order valence-corrected chi connectivity index (χ1v) is 9.69. The molecule has 1 aromatic rings. The molecule has 148 valence electrons. The molecule has 1 aromatic heterocycles. The lowest BCUT2D eigenvalue weighted by molar-refractivity contribution is -0.135. The third-order valence-corrected chi connectivity index (χ3v) is 4.16. The minimum absolute atomic E-state index is 0.0496. The van der Waals surface area contributed by atoms with E-state index >= 15 is 0 Å². The number of carbonyl (C=O) groups excluding carboxylic acids is 2. The summed E-state index contributed by atoms with van der Waals surface area (Å²) in [5, 5.41) is 6.34. The SMILES string of the molecule is CCCCCCN(CC(=O)Nc1ccon1)C(=O)C[C@H](C)CC(C)(C)C. The third-order valence-electron chi connectivity index (χ3n) is 4.16. The third kappa shape index (κ3) is 9.59. The predicted octanol–water partition coefficient (Wildman–Crippen LogP) is 4.48. The molecular formula is C20H35N3O3. The fourth-order valence-corrected chi connectivity index (χ4v) is 3.20. The molecule has 26 heavy (non-hydrogen) atoms. The second-order valence-corrected chi connectivity index (χ2v) is 8.38. The van der Waals surface area contributed by atoms with Crippen molar-refractivity contribution in [3.05, 3.63) is 12.3 Å². The Hall–Kier alpha value is -1.85. The van der Waals surface area contributed by atoms with Crippen LogP contribution in [0, 0.1) is 11.3 Å². The monoisotopic (exact) mass is 365 g/mol. The van der Waals surface area contributed by atoms with Crippen LogP contribution in [-0.4, -0.2) is 35.0 Å². The second kappa shape index (κ2) is 11.0. The van der Waals surface area contributed by atoms with E-state index in [9.17, 15) is 9.59 Å². The molecule has 0 unspecified atom stereocenters. The highest BCUT2D eigenvalue weighted by molar-refractivity contribution is 5.93. The van der Waals surface area contributed by atoms with E-state index in [1.54, 1.807) is 11.0 Å². The van der Waals surface area contributed by atoms with Crippen molar-refractivity contribution in [3.63, 3.8) is 0 Å². The molecular weight excluding hydrogens is 330 g/mol. The van der Waals surface area contributed by atoms with Gasteiger partial charge < -0.3 is 14.7 Å². The average Bonchev–Trinajstić information content (AvgIpc) is 3.01. The zero-order valence-electron chi connectivity index (χ0n) is 17.0. The van der Waals surface area contributed by atoms with Gasteiger partial charge in [-0.2, -0.15) is 0 Å². The van der Waals surface area contributed by atoms with Gasteiger partial charge in [0.1, 0.15) is 6.26 Å². The highest BCUT2D eigenvalue weighted by Crippen LogP contribution is 2.26. The summed E-state index contributed by atoms with van der Waals surface area (Å²) in [7, 11) is 0. The van der Waals surface area contributed by atoms with Gasteiger partial charge in [-0.3, -0.25) is 9.59 Å². The summed E-state index contributed by atoms with van der Waals surface area (Å²) in [4.78, 5) is 26.7. The summed E-state index contributed by atoms with van der Waals surface area (Å²) in [6.45, 7) is 11.5. The number of unbranched alkanes of at least 4 members (excludes halogenated alkanes) is 3. The number of aromatic nitrogens is 1. The van der Waals surface area contributed by atoms with Gasteiger partial charge in [0.15, 0.2) is 5.82 Å². The first-order chi connectivity index (χ1) is 12.2. The molecule has 2 amide bonds. The molecule has 6 heteroatoms. The molecule has 1 atom stereocenters. The maximum absolute atomic E-state index is 12.8. The molecule has 0 radical (unpaired) electrons. The van der Waals surface area contributed by atoms with Crippen LogP contribution >= 0.6 is 0 Å². The number of amides is 2. The zero-order valence-corrected chi connectivity index (χ0v) is 17.0. The van der Waals surface area contributed by atoms with E-state index in [-0.39, 0.29) is 23.8 Å². The van der Waals surface area contributed by atoms with Crippen molar-refractivity contribution in [3.8, 4) is 0 Å². The number of hydrogen-bond acceptors (Lipinski definition) is 4. The Morgan fingerprint density at radius 3 is 2.58 bits per heavy atom. The zero-order chi connectivity index (χ0) is 19.6. The van der Waals surface area contributed by atoms with E-state index < -0.39 is 0 Å². The van der Waals surface area contributed by atoms with Crippen molar-refractivity contribution in [2.45, 2.75) is 73.1 Å². The molecule has 1 heterocycles. The van der Waals surface area contributed by atoms with E-state index in [2.05, 4.69) is 45.1 Å². The second-order valence-electron chi connectivity index (χ2n) is 8.38. The van der Waals surface area contributed by atoms with Crippen molar-refractivity contribution in [2.24, 2.45) is 11.3 Å². The van der Waals surface area contributed by atoms with Crippen LogP contribution in [-0.2, 0) is 9.59 Å². The van der Waals surface area contributed by atoms with Gasteiger partial charge in [-0.25, -0.2) is 0 Å². The van der Waals surface area contributed by atoms with E-state index in [4.69, 9.17) is 4.52 Å². The van der Waals surface area contributed by atoms with E-state index in [0.717, 1.165) is 32.1 Å². The summed E-state index contributed by atoms with van der Waals surface area (Å²) in [6, 6.07) is 1.58. The van der Waals surface area contributed by atoms with Crippen LogP contribution in [0.4, 0.5) is 5.82 Å². The van der Waals surface area contributed by atoms with Gasteiger partial charge >= 0.3 is 0 Å². The summed E-state index contributed by atoms with van der Waals surface area (Å²) in [5.41, 5.74) is 0.190. The van der Waals surface area contributed by atoms with Crippen LogP contribution in [0.5, 0.6) is 0 Å². The lowest BCUT2D eigenvalue weighted by Crippen LogP contribution is -2.39. The van der Waals surface area contributed by atoms with Crippen LogP contribution in [0.1, 0.15) is 73.1 Å². The highest BCUT2D eigenvalue weighted by Gasteiger charge is 2.22. The number of nitrogens with zero attached hydrogens (tertiary/aromatic N) is 2. The number of hydrogen-bond donors (Lipinski definition) is 1. The Morgan fingerprint density at radius 2 is 2.00 bits per heavy atom. The topological polar surface area (TPSA) is 75.4 Å². The highest BCUT2D eigenvalue weighted by atomic mass is 16.5. The minimum atomic E-state index is -0.244. The van der Waals surface area contributed by atoms with E-state index in [1.165, 1.54) is 6.26 Å². The van der Waals surface area contributed by atoms with Gasteiger partial charge in [0.05, 0.1) is 6.54 Å². The Kier molecular flexibility index (Phi) is 9.38. The molecule has 0 spiro atoms. The minimum Gasteiger partial charge on any atom is -0.363 e. The molecule has 0 aliphatic heterocycles. The quantitative estimate of drug-likeness (QED) is 0.586. The lowest BCUT2D eigenvalue weighted by atomic mass is 9.84. The first kappa shape index (κ1) is 22.2. The van der Waals surface area contributed by atoms with Gasteiger partial charge in [-0.15, -0.1) is 0 Å². The summed E-state index contributed by atoms with van der Waals surface area (Å²) < 4.78 is 4.71. The van der Waals surface area contributed by atoms with Crippen molar-refractivity contribution >= 4 is 17.6 Å². The standard InChI is InChI=1S/C20H35N3O3/c1-6-7-8-9-11-23(15-18(24)21-17-10-12-26-22-17)19(25)13-16(2)14-20(3,4)5/h10,12,16H,6-9,11,13-15H2,1-5H3,(H,21,22,24)/t16-/m0/s1. The van der Waals surface area contributed by atoms with E-state index in [0.29, 0.717) is 24.7 Å². The van der Waals surface area contributed by atoms with Crippen LogP contribution in [0.2, 0.25) is 0 Å². The van der Waals surface area contributed by atoms with Crippen molar-refractivity contribution in [1.29, 1.82) is 0 Å². The van der Waals surface area contributed by atoms with Crippen LogP contribution in [0.15, 0.2) is 16.9 Å². The van der Waals surface area contributed by atoms with Crippen LogP contribution < -0.4 is 5.32 Å². The molecule has 1 N–H and O–H groups in total. The fraction of sp³-hybridized carbons (Fsp3) is 0.750. The smallest absolute Gasteiger partial charge is 0.245 e. The predicted molar refractivity (Wildman–Crippen MR) is 104 cm³/mol. The lowest BCUT2D eigenvalue weighted by Gasteiger charge is -2.26. The molecule has 1 rings (SSSR count). The Morgan fingerprint density at radius 1 is 1.27 bits per heavy atom. The maximum atomic E-state index is 12.8.